The molecule has 2 aromatic carbocycles. The molecule has 0 saturated carbocycles. The number of benzene rings is 2. The van der Waals surface area contributed by atoms with E-state index in [4.69, 9.17) is 0 Å². The fourth-order valence-electron chi connectivity index (χ4n) is 3.29. The summed E-state index contributed by atoms with van der Waals surface area (Å²) in [5.41, 5.74) is 1.43. The number of nitrogens with zero attached hydrogens (tertiary/aromatic N) is 2. The number of hydrogen-bond acceptors (Lipinski definition) is 3. The van der Waals surface area contributed by atoms with Gasteiger partial charge in [-0.1, -0.05) is 42.5 Å². The van der Waals surface area contributed by atoms with Crippen molar-refractivity contribution in [1.82, 2.24) is 9.55 Å². The number of hydrogen-bond donors (Lipinski definition) is 0. The normalized spacial score (nSPS) is 16.4. The highest BCUT2D eigenvalue weighted by Gasteiger charge is 2.28. The molecule has 1 aliphatic heterocycles. The zero-order valence-corrected chi connectivity index (χ0v) is 12.6. The van der Waals surface area contributed by atoms with Crippen LogP contribution >= 0.6 is 0 Å². The molecular formula is C19H16N2O2. The molecule has 1 aliphatic rings. The van der Waals surface area contributed by atoms with Crippen LogP contribution in [0.3, 0.4) is 0 Å². The lowest BCUT2D eigenvalue weighted by molar-refractivity contribution is 0.0973. The van der Waals surface area contributed by atoms with Crippen molar-refractivity contribution in [3.63, 3.8) is 0 Å². The Balaban J connectivity index is 1.71. The van der Waals surface area contributed by atoms with Crippen LogP contribution in [0.5, 0.6) is 0 Å². The van der Waals surface area contributed by atoms with E-state index in [0.717, 1.165) is 12.2 Å². The largest absolute Gasteiger partial charge is 0.296 e. The number of carbonyl (C=O) groups is 1. The molecule has 0 fully saturated rings. The summed E-state index contributed by atoms with van der Waals surface area (Å²) >= 11 is 0. The van der Waals surface area contributed by atoms with Gasteiger partial charge in [0.15, 0.2) is 5.78 Å². The Morgan fingerprint density at radius 1 is 1.09 bits per heavy atom. The minimum absolute atomic E-state index is 0.000241. The van der Waals surface area contributed by atoms with Gasteiger partial charge in [0.25, 0.3) is 5.56 Å². The van der Waals surface area contributed by atoms with Crippen LogP contribution in [0, 0.1) is 0 Å². The maximum Gasteiger partial charge on any atom is 0.261 e. The standard InChI is InChI=1S/C19H16N2O2/c22-17(13-6-2-1-3-7-13)12-14-10-11-21-18(14)20-16-9-5-4-8-15(16)19(21)23/h1-9,14H,10-12H2. The van der Waals surface area contributed by atoms with Crippen LogP contribution in [0.2, 0.25) is 0 Å². The summed E-state index contributed by atoms with van der Waals surface area (Å²) in [6, 6.07) is 16.7. The predicted octanol–water partition coefficient (Wildman–Crippen LogP) is 3.16. The zero-order chi connectivity index (χ0) is 15.8. The van der Waals surface area contributed by atoms with E-state index in [9.17, 15) is 9.59 Å². The Morgan fingerprint density at radius 3 is 2.65 bits per heavy atom. The van der Waals surface area contributed by atoms with Gasteiger partial charge in [-0.2, -0.15) is 0 Å². The van der Waals surface area contributed by atoms with E-state index in [2.05, 4.69) is 4.98 Å². The van der Waals surface area contributed by atoms with E-state index < -0.39 is 0 Å². The van der Waals surface area contributed by atoms with Crippen molar-refractivity contribution in [2.75, 3.05) is 0 Å². The van der Waals surface area contributed by atoms with E-state index >= 15 is 0 Å². The first kappa shape index (κ1) is 13.9. The molecule has 0 bridgehead atoms. The molecule has 4 nitrogen and oxygen atoms in total. The molecule has 0 spiro atoms. The van der Waals surface area contributed by atoms with E-state index in [1.165, 1.54) is 0 Å². The summed E-state index contributed by atoms with van der Waals surface area (Å²) < 4.78 is 1.73. The lowest BCUT2D eigenvalue weighted by Gasteiger charge is -2.10. The van der Waals surface area contributed by atoms with Crippen LogP contribution < -0.4 is 5.56 Å². The van der Waals surface area contributed by atoms with Crippen molar-refractivity contribution in [3.05, 3.63) is 76.3 Å². The zero-order valence-electron chi connectivity index (χ0n) is 12.6. The van der Waals surface area contributed by atoms with Gasteiger partial charge in [-0.15, -0.1) is 0 Å². The lowest BCUT2D eigenvalue weighted by Crippen LogP contribution is -2.21. The molecule has 0 amide bonds. The van der Waals surface area contributed by atoms with Gasteiger partial charge in [0.2, 0.25) is 0 Å². The van der Waals surface area contributed by atoms with Crippen LogP contribution in [0.25, 0.3) is 10.9 Å². The van der Waals surface area contributed by atoms with E-state index in [1.807, 2.05) is 48.5 Å². The van der Waals surface area contributed by atoms with Gasteiger partial charge in [-0.05, 0) is 18.6 Å². The van der Waals surface area contributed by atoms with Gasteiger partial charge in [0.1, 0.15) is 5.82 Å². The average Bonchev–Trinajstić information content (AvgIpc) is 2.99. The van der Waals surface area contributed by atoms with Crippen molar-refractivity contribution in [2.24, 2.45) is 0 Å². The van der Waals surface area contributed by atoms with Crippen molar-refractivity contribution in [3.8, 4) is 0 Å². The summed E-state index contributed by atoms with van der Waals surface area (Å²) in [4.78, 5) is 29.7. The van der Waals surface area contributed by atoms with Crippen molar-refractivity contribution in [1.29, 1.82) is 0 Å². The minimum Gasteiger partial charge on any atom is -0.296 e. The number of fused-ring (bicyclic) bond motifs is 2. The molecule has 2 heterocycles. The molecule has 23 heavy (non-hydrogen) atoms. The maximum absolute atomic E-state index is 12.6. The fraction of sp³-hybridized carbons (Fsp3) is 0.211. The third-order valence-electron chi connectivity index (χ3n) is 4.49. The highest BCUT2D eigenvalue weighted by atomic mass is 16.1. The third-order valence-corrected chi connectivity index (χ3v) is 4.49. The van der Waals surface area contributed by atoms with Crippen molar-refractivity contribution in [2.45, 2.75) is 25.3 Å². The molecular weight excluding hydrogens is 288 g/mol. The second-order valence-electron chi connectivity index (χ2n) is 5.92. The second kappa shape index (κ2) is 5.47. The Hall–Kier alpha value is -2.75. The van der Waals surface area contributed by atoms with Gasteiger partial charge in [-0.25, -0.2) is 4.98 Å². The van der Waals surface area contributed by atoms with Crippen LogP contribution in [-0.4, -0.2) is 15.3 Å². The number of rotatable bonds is 3. The van der Waals surface area contributed by atoms with Crippen molar-refractivity contribution < 1.29 is 4.79 Å². The Labute approximate surface area is 133 Å². The molecule has 1 aromatic heterocycles. The smallest absolute Gasteiger partial charge is 0.261 e. The molecule has 4 rings (SSSR count). The Morgan fingerprint density at radius 2 is 1.83 bits per heavy atom. The van der Waals surface area contributed by atoms with Crippen LogP contribution in [0.4, 0.5) is 0 Å². The molecule has 1 atom stereocenters. The van der Waals surface area contributed by atoms with Crippen LogP contribution in [0.15, 0.2) is 59.4 Å². The molecule has 0 radical (unpaired) electrons. The molecule has 114 valence electrons. The lowest BCUT2D eigenvalue weighted by atomic mass is 9.96. The average molecular weight is 304 g/mol. The summed E-state index contributed by atoms with van der Waals surface area (Å²) in [6.07, 6.45) is 1.19. The monoisotopic (exact) mass is 304 g/mol. The van der Waals surface area contributed by atoms with Gasteiger partial charge in [0.05, 0.1) is 10.9 Å². The van der Waals surface area contributed by atoms with Gasteiger partial charge >= 0.3 is 0 Å². The summed E-state index contributed by atoms with van der Waals surface area (Å²) in [5, 5.41) is 0.645. The van der Waals surface area contributed by atoms with Gasteiger partial charge in [-0.3, -0.25) is 14.2 Å². The first-order chi connectivity index (χ1) is 11.2. The highest BCUT2D eigenvalue weighted by molar-refractivity contribution is 5.96. The summed E-state index contributed by atoms with van der Waals surface area (Å²) in [6.45, 7) is 0.638. The van der Waals surface area contributed by atoms with Gasteiger partial charge < -0.3 is 0 Å². The number of ketones is 1. The molecule has 1 unspecified atom stereocenters. The number of Topliss-reactive ketones (excluding diaryl/α,β-unsaturated/α-hetero) is 1. The third kappa shape index (κ3) is 2.36. The van der Waals surface area contributed by atoms with E-state index in [0.29, 0.717) is 29.4 Å². The predicted molar refractivity (Wildman–Crippen MR) is 88.8 cm³/mol. The Bertz CT molecular complexity index is 944. The van der Waals surface area contributed by atoms with E-state index in [-0.39, 0.29) is 17.3 Å². The van der Waals surface area contributed by atoms with Crippen molar-refractivity contribution >= 4 is 16.7 Å². The highest BCUT2D eigenvalue weighted by Crippen LogP contribution is 2.30. The quantitative estimate of drug-likeness (QED) is 0.698. The minimum atomic E-state index is 0.000241. The second-order valence-corrected chi connectivity index (χ2v) is 5.92. The molecule has 0 saturated heterocycles. The maximum atomic E-state index is 12.6. The topological polar surface area (TPSA) is 52.0 Å². The van der Waals surface area contributed by atoms with Crippen LogP contribution in [0.1, 0.15) is 34.9 Å². The first-order valence-corrected chi connectivity index (χ1v) is 7.82. The molecule has 4 heteroatoms. The fourth-order valence-corrected chi connectivity index (χ4v) is 3.29. The molecule has 3 aromatic rings. The first-order valence-electron chi connectivity index (χ1n) is 7.82. The molecule has 0 N–H and O–H groups in total. The SMILES string of the molecule is O=C(CC1CCn2c1nc1ccccc1c2=O)c1ccccc1. The summed E-state index contributed by atoms with van der Waals surface area (Å²) in [7, 11) is 0. The number of carbonyl (C=O) groups excluding carboxylic acids is 1. The molecule has 0 aliphatic carbocycles. The van der Waals surface area contributed by atoms with Gasteiger partial charge in [0, 0.05) is 24.4 Å². The summed E-state index contributed by atoms with van der Waals surface area (Å²) in [5.74, 6) is 0.865. The van der Waals surface area contributed by atoms with E-state index in [1.54, 1.807) is 10.6 Å². The number of aromatic nitrogens is 2. The Kier molecular flexibility index (Phi) is 3.30. The van der Waals surface area contributed by atoms with Crippen LogP contribution in [-0.2, 0) is 6.54 Å². The number of para-hydroxylation sites is 1.